The number of aliphatic hydroxyl groups is 9. The van der Waals surface area contributed by atoms with Crippen LogP contribution in [0.2, 0.25) is 0 Å². The van der Waals surface area contributed by atoms with E-state index < -0.39 is 106 Å². The van der Waals surface area contributed by atoms with Crippen molar-refractivity contribution in [2.24, 2.45) is 0 Å². The second kappa shape index (κ2) is 12.4. The van der Waals surface area contributed by atoms with Crippen molar-refractivity contribution in [1.29, 1.82) is 0 Å². The molecule has 0 spiro atoms. The van der Waals surface area contributed by atoms with Crippen molar-refractivity contribution in [1.82, 2.24) is 0 Å². The van der Waals surface area contributed by atoms with E-state index in [9.17, 15) is 50.8 Å². The second-order valence-electron chi connectivity index (χ2n) is 8.45. The zero-order chi connectivity index (χ0) is 25.9. The summed E-state index contributed by atoms with van der Waals surface area (Å²) in [7, 11) is 0. The zero-order valence-corrected chi connectivity index (χ0v) is 18.4. The SMILES string of the molecule is O=COC1OC(CO)C(O)C(OC2OC(CO)CC(O)C2O)C1OC1OC(CO)C(O)C(O)C1O. The van der Waals surface area contributed by atoms with Crippen molar-refractivity contribution >= 4 is 6.47 Å². The van der Waals surface area contributed by atoms with Gasteiger partial charge in [0.1, 0.15) is 48.8 Å². The molecule has 0 radical (unpaired) electrons. The molecule has 3 fully saturated rings. The second-order valence-corrected chi connectivity index (χ2v) is 8.45. The van der Waals surface area contributed by atoms with Gasteiger partial charge in [-0.25, -0.2) is 0 Å². The lowest BCUT2D eigenvalue weighted by molar-refractivity contribution is -0.383. The van der Waals surface area contributed by atoms with Crippen LogP contribution in [0.25, 0.3) is 0 Å². The summed E-state index contributed by atoms with van der Waals surface area (Å²) in [6.07, 6.45) is -22.3. The van der Waals surface area contributed by atoms with Crippen molar-refractivity contribution in [2.45, 2.75) is 92.4 Å². The molecule has 14 atom stereocenters. The third-order valence-corrected chi connectivity index (χ3v) is 6.13. The van der Waals surface area contributed by atoms with Crippen LogP contribution in [0.1, 0.15) is 6.42 Å². The number of hydrogen-bond donors (Lipinski definition) is 9. The number of ether oxygens (including phenoxy) is 6. The van der Waals surface area contributed by atoms with Gasteiger partial charge in [-0.15, -0.1) is 0 Å². The molecule has 3 aliphatic rings. The highest BCUT2D eigenvalue weighted by Crippen LogP contribution is 2.33. The molecule has 0 aromatic rings. The van der Waals surface area contributed by atoms with Gasteiger partial charge in [0.2, 0.25) is 6.29 Å². The summed E-state index contributed by atoms with van der Waals surface area (Å²) in [6.45, 7) is -2.10. The lowest BCUT2D eigenvalue weighted by Gasteiger charge is -2.48. The van der Waals surface area contributed by atoms with Gasteiger partial charge in [-0.1, -0.05) is 0 Å². The number of hydrogen-bond acceptors (Lipinski definition) is 16. The van der Waals surface area contributed by atoms with Crippen molar-refractivity contribution in [3.63, 3.8) is 0 Å². The minimum absolute atomic E-state index is 0.0327. The van der Waals surface area contributed by atoms with E-state index >= 15 is 0 Å². The van der Waals surface area contributed by atoms with E-state index in [1.165, 1.54) is 0 Å². The zero-order valence-electron chi connectivity index (χ0n) is 18.4. The van der Waals surface area contributed by atoms with E-state index in [-0.39, 0.29) is 12.9 Å². The third kappa shape index (κ3) is 6.08. The van der Waals surface area contributed by atoms with E-state index in [2.05, 4.69) is 0 Å². The average molecular weight is 516 g/mol. The molecule has 3 saturated heterocycles. The van der Waals surface area contributed by atoms with Gasteiger partial charge in [0.15, 0.2) is 18.7 Å². The smallest absolute Gasteiger partial charge is 0.295 e. The molecule has 14 unspecified atom stereocenters. The van der Waals surface area contributed by atoms with Crippen LogP contribution in [0.4, 0.5) is 0 Å². The van der Waals surface area contributed by atoms with Crippen molar-refractivity contribution < 1.29 is 79.2 Å². The summed E-state index contributed by atoms with van der Waals surface area (Å²) in [4.78, 5) is 11.1. The normalized spacial score (nSPS) is 48.9. The van der Waals surface area contributed by atoms with Gasteiger partial charge in [0, 0.05) is 6.42 Å². The summed E-state index contributed by atoms with van der Waals surface area (Å²) in [5.41, 5.74) is 0. The maximum atomic E-state index is 11.1. The Morgan fingerprint density at radius 3 is 1.83 bits per heavy atom. The van der Waals surface area contributed by atoms with Gasteiger partial charge in [-0.05, 0) is 0 Å². The third-order valence-electron chi connectivity index (χ3n) is 6.13. The fourth-order valence-electron chi connectivity index (χ4n) is 4.14. The molecule has 0 amide bonds. The molecule has 9 N–H and O–H groups in total. The Morgan fingerprint density at radius 1 is 0.657 bits per heavy atom. The lowest BCUT2D eigenvalue weighted by atomic mass is 9.96. The van der Waals surface area contributed by atoms with Crippen LogP contribution in [0.5, 0.6) is 0 Å². The van der Waals surface area contributed by atoms with Crippen LogP contribution in [-0.2, 0) is 33.2 Å². The van der Waals surface area contributed by atoms with Crippen LogP contribution in [0.15, 0.2) is 0 Å². The number of rotatable bonds is 9. The number of carbonyl (C=O) groups excluding carboxylic acids is 1. The van der Waals surface area contributed by atoms with Gasteiger partial charge in [-0.3, -0.25) is 4.79 Å². The Labute approximate surface area is 198 Å². The molecule has 0 aliphatic carbocycles. The molecule has 3 rings (SSSR count). The molecule has 35 heavy (non-hydrogen) atoms. The molecule has 204 valence electrons. The van der Waals surface area contributed by atoms with Crippen LogP contribution in [-0.4, -0.2) is 158 Å². The first-order valence-electron chi connectivity index (χ1n) is 10.9. The minimum Gasteiger partial charge on any atom is -0.435 e. The molecule has 0 saturated carbocycles. The van der Waals surface area contributed by atoms with E-state index in [1.54, 1.807) is 0 Å². The van der Waals surface area contributed by atoms with Crippen molar-refractivity contribution in [3.8, 4) is 0 Å². The van der Waals surface area contributed by atoms with E-state index in [4.69, 9.17) is 28.4 Å². The maximum absolute atomic E-state index is 11.1. The minimum atomic E-state index is -1.88. The molecule has 0 aromatic heterocycles. The first-order valence-corrected chi connectivity index (χ1v) is 10.9. The van der Waals surface area contributed by atoms with E-state index in [0.717, 1.165) is 0 Å². The maximum Gasteiger partial charge on any atom is 0.295 e. The molecular formula is C19H32O16. The van der Waals surface area contributed by atoms with Crippen LogP contribution >= 0.6 is 0 Å². The monoisotopic (exact) mass is 516 g/mol. The first kappa shape index (κ1) is 28.5. The van der Waals surface area contributed by atoms with Crippen LogP contribution in [0.3, 0.4) is 0 Å². The van der Waals surface area contributed by atoms with Crippen molar-refractivity contribution in [3.05, 3.63) is 0 Å². The highest BCUT2D eigenvalue weighted by molar-refractivity contribution is 5.37. The average Bonchev–Trinajstić information content (AvgIpc) is 2.85. The van der Waals surface area contributed by atoms with Crippen LogP contribution < -0.4 is 0 Å². The summed E-state index contributed by atoms with van der Waals surface area (Å²) in [6, 6.07) is 0. The predicted molar refractivity (Wildman–Crippen MR) is 105 cm³/mol. The summed E-state index contributed by atoms with van der Waals surface area (Å²) in [5, 5.41) is 89.9. The summed E-state index contributed by atoms with van der Waals surface area (Å²) >= 11 is 0. The van der Waals surface area contributed by atoms with Gasteiger partial charge >= 0.3 is 0 Å². The Kier molecular flexibility index (Phi) is 10.1. The standard InChI is InChI=1S/C19H32O16/c20-2-6-1-7(24)10(25)17(31-6)34-15-12(27)9(4-22)33-19(30-5-23)16(15)35-18-14(29)13(28)11(26)8(3-21)32-18/h5-22,24-29H,1-4H2. The Bertz CT molecular complexity index is 667. The highest BCUT2D eigenvalue weighted by atomic mass is 16.8. The van der Waals surface area contributed by atoms with E-state index in [1.807, 2.05) is 0 Å². The Morgan fingerprint density at radius 2 is 1.23 bits per heavy atom. The summed E-state index contributed by atoms with van der Waals surface area (Å²) in [5.74, 6) is 0. The van der Waals surface area contributed by atoms with Gasteiger partial charge in [0.25, 0.3) is 6.47 Å². The van der Waals surface area contributed by atoms with Gasteiger partial charge in [-0.2, -0.15) is 0 Å². The largest absolute Gasteiger partial charge is 0.435 e. The number of aliphatic hydroxyl groups excluding tert-OH is 9. The topological polar surface area (TPSA) is 255 Å². The van der Waals surface area contributed by atoms with Crippen molar-refractivity contribution in [2.75, 3.05) is 19.8 Å². The fraction of sp³-hybridized carbons (Fsp3) is 0.947. The van der Waals surface area contributed by atoms with Crippen LogP contribution in [0, 0.1) is 0 Å². The highest BCUT2D eigenvalue weighted by Gasteiger charge is 2.54. The lowest BCUT2D eigenvalue weighted by Crippen LogP contribution is -2.66. The van der Waals surface area contributed by atoms with Gasteiger partial charge in [0.05, 0.1) is 32.0 Å². The predicted octanol–water partition coefficient (Wildman–Crippen LogP) is -6.36. The molecule has 0 aromatic carbocycles. The molecule has 3 heterocycles. The fourth-order valence-corrected chi connectivity index (χ4v) is 4.14. The van der Waals surface area contributed by atoms with Gasteiger partial charge < -0.3 is 74.4 Å². The summed E-state index contributed by atoms with van der Waals surface area (Å²) < 4.78 is 32.1. The Hall–Kier alpha value is -1.09. The number of carbonyl (C=O) groups is 1. The molecule has 16 heteroatoms. The Balaban J connectivity index is 1.88. The molecule has 16 nitrogen and oxygen atoms in total. The first-order chi connectivity index (χ1) is 16.7. The molecule has 3 aliphatic heterocycles. The molecular weight excluding hydrogens is 484 g/mol. The molecule has 0 bridgehead atoms. The van der Waals surface area contributed by atoms with E-state index in [0.29, 0.717) is 0 Å². The quantitative estimate of drug-likeness (QED) is 0.129.